The van der Waals surface area contributed by atoms with E-state index in [1.165, 1.54) is 25.7 Å². The maximum Gasteiger partial charge on any atom is 0.279 e. The first-order valence-electron chi connectivity index (χ1n) is 8.36. The molecule has 21 heavy (non-hydrogen) atoms. The molecule has 2 saturated carbocycles. The van der Waals surface area contributed by atoms with Crippen molar-refractivity contribution in [3.63, 3.8) is 0 Å². The molecule has 0 amide bonds. The van der Waals surface area contributed by atoms with Gasteiger partial charge in [-0.3, -0.25) is 0 Å². The van der Waals surface area contributed by atoms with Gasteiger partial charge >= 0.3 is 0 Å². The second-order valence-electron chi connectivity index (χ2n) is 6.96. The number of rotatable bonds is 5. The third kappa shape index (κ3) is 3.44. The van der Waals surface area contributed by atoms with Gasteiger partial charge in [0.2, 0.25) is 0 Å². The first-order valence-corrected chi connectivity index (χ1v) is 9.80. The molecule has 0 bridgehead atoms. The van der Waals surface area contributed by atoms with Crippen LogP contribution in [0.15, 0.2) is 0 Å². The van der Waals surface area contributed by atoms with E-state index in [1.807, 2.05) is 0 Å². The Morgan fingerprint density at radius 3 is 2.57 bits per heavy atom. The van der Waals surface area contributed by atoms with Crippen LogP contribution in [0.25, 0.3) is 0 Å². The molecule has 0 radical (unpaired) electrons. The second-order valence-corrected chi connectivity index (χ2v) is 8.66. The molecule has 1 aliphatic heterocycles. The number of hydrogen-bond donors (Lipinski definition) is 1. The zero-order valence-electron chi connectivity index (χ0n) is 13.0. The largest absolute Gasteiger partial charge is 0.384 e. The van der Waals surface area contributed by atoms with Crippen molar-refractivity contribution in [2.75, 3.05) is 26.8 Å². The summed E-state index contributed by atoms with van der Waals surface area (Å²) in [5.74, 6) is 1.86. The summed E-state index contributed by atoms with van der Waals surface area (Å²) in [6, 6.07) is 0.180. The molecule has 2 aliphatic carbocycles. The lowest BCUT2D eigenvalue weighted by Gasteiger charge is -2.32. The Hall–Kier alpha value is -0.170. The fourth-order valence-electron chi connectivity index (χ4n) is 4.53. The highest BCUT2D eigenvalue weighted by molar-refractivity contribution is 7.87. The molecule has 3 fully saturated rings. The molecular weight excluding hydrogens is 288 g/mol. The third-order valence-electron chi connectivity index (χ3n) is 5.70. The van der Waals surface area contributed by atoms with Crippen LogP contribution in [-0.2, 0) is 14.9 Å². The zero-order valence-corrected chi connectivity index (χ0v) is 13.8. The molecule has 3 aliphatic rings. The minimum Gasteiger partial charge on any atom is -0.384 e. The predicted molar refractivity (Wildman–Crippen MR) is 82.1 cm³/mol. The molecule has 0 spiro atoms. The van der Waals surface area contributed by atoms with Gasteiger partial charge in [-0.15, -0.1) is 0 Å². The first-order chi connectivity index (χ1) is 10.1. The summed E-state index contributed by atoms with van der Waals surface area (Å²) in [4.78, 5) is 0. The number of nitrogens with one attached hydrogen (secondary N) is 1. The number of piperidine rings is 1. The summed E-state index contributed by atoms with van der Waals surface area (Å²) < 4.78 is 35.0. The predicted octanol–water partition coefficient (Wildman–Crippen LogP) is 1.76. The fourth-order valence-corrected chi connectivity index (χ4v) is 6.04. The van der Waals surface area contributed by atoms with E-state index in [0.717, 1.165) is 31.8 Å². The summed E-state index contributed by atoms with van der Waals surface area (Å²) >= 11 is 0. The van der Waals surface area contributed by atoms with Crippen molar-refractivity contribution in [1.82, 2.24) is 9.03 Å². The molecule has 0 aromatic heterocycles. The Bertz CT molecular complexity index is 446. The average Bonchev–Trinajstić information content (AvgIpc) is 3.05. The maximum absolute atomic E-state index is 12.6. The lowest BCUT2D eigenvalue weighted by atomic mass is 9.98. The number of methoxy groups -OCH3 is 1. The third-order valence-corrected chi connectivity index (χ3v) is 7.34. The van der Waals surface area contributed by atoms with E-state index in [1.54, 1.807) is 11.4 Å². The smallest absolute Gasteiger partial charge is 0.279 e. The number of hydrogen-bond acceptors (Lipinski definition) is 3. The van der Waals surface area contributed by atoms with E-state index >= 15 is 0 Å². The van der Waals surface area contributed by atoms with Gasteiger partial charge in [-0.1, -0.05) is 12.8 Å². The second kappa shape index (κ2) is 6.52. The van der Waals surface area contributed by atoms with Gasteiger partial charge in [-0.25, -0.2) is 0 Å². The monoisotopic (exact) mass is 316 g/mol. The molecule has 6 heteroatoms. The van der Waals surface area contributed by atoms with Crippen LogP contribution in [0, 0.1) is 17.8 Å². The molecule has 0 unspecified atom stereocenters. The van der Waals surface area contributed by atoms with Gasteiger partial charge in [0.1, 0.15) is 0 Å². The van der Waals surface area contributed by atoms with Crippen LogP contribution in [0.4, 0.5) is 0 Å². The zero-order chi connectivity index (χ0) is 14.9. The highest BCUT2D eigenvalue weighted by Gasteiger charge is 2.41. The Balaban J connectivity index is 1.55. The quantitative estimate of drug-likeness (QED) is 0.841. The molecule has 1 N–H and O–H groups in total. The standard InChI is InChI=1S/C15H28N2O3S/c1-20-11-12-7-9-17(10-8-12)21(18,19)16-15-6-5-13-3-2-4-14(13)15/h12-16H,2-11H2,1H3/t13-,14-,15-/m0/s1. The van der Waals surface area contributed by atoms with E-state index in [0.29, 0.717) is 24.9 Å². The van der Waals surface area contributed by atoms with E-state index in [-0.39, 0.29) is 6.04 Å². The maximum atomic E-state index is 12.6. The minimum atomic E-state index is -3.30. The Labute approximate surface area is 128 Å². The lowest BCUT2D eigenvalue weighted by molar-refractivity contribution is 0.121. The van der Waals surface area contributed by atoms with Crippen LogP contribution in [0.5, 0.6) is 0 Å². The number of fused-ring (bicyclic) bond motifs is 1. The van der Waals surface area contributed by atoms with Crippen molar-refractivity contribution in [2.24, 2.45) is 17.8 Å². The normalized spacial score (nSPS) is 35.2. The summed E-state index contributed by atoms with van der Waals surface area (Å²) in [5, 5.41) is 0. The molecule has 3 rings (SSSR count). The summed E-state index contributed by atoms with van der Waals surface area (Å²) in [7, 11) is -1.59. The van der Waals surface area contributed by atoms with Crippen molar-refractivity contribution < 1.29 is 13.2 Å². The van der Waals surface area contributed by atoms with Gasteiger partial charge in [-0.2, -0.15) is 17.4 Å². The van der Waals surface area contributed by atoms with Gasteiger partial charge in [0.15, 0.2) is 0 Å². The highest BCUT2D eigenvalue weighted by Crippen LogP contribution is 2.44. The Kier molecular flexibility index (Phi) is 4.88. The fraction of sp³-hybridized carbons (Fsp3) is 1.00. The van der Waals surface area contributed by atoms with Crippen molar-refractivity contribution in [3.05, 3.63) is 0 Å². The van der Waals surface area contributed by atoms with Crippen LogP contribution in [0.2, 0.25) is 0 Å². The summed E-state index contributed by atoms with van der Waals surface area (Å²) in [6.07, 6.45) is 7.81. The van der Waals surface area contributed by atoms with Crippen LogP contribution in [0.1, 0.15) is 44.9 Å². The van der Waals surface area contributed by atoms with Gasteiger partial charge in [0.05, 0.1) is 0 Å². The first kappa shape index (κ1) is 15.7. The molecule has 1 saturated heterocycles. The van der Waals surface area contributed by atoms with E-state index in [9.17, 15) is 8.42 Å². The van der Waals surface area contributed by atoms with Crippen LogP contribution < -0.4 is 4.72 Å². The van der Waals surface area contributed by atoms with Gasteiger partial charge in [0.25, 0.3) is 10.2 Å². The average molecular weight is 316 g/mol. The van der Waals surface area contributed by atoms with E-state index in [4.69, 9.17) is 4.74 Å². The highest BCUT2D eigenvalue weighted by atomic mass is 32.2. The topological polar surface area (TPSA) is 58.6 Å². The summed E-state index contributed by atoms with van der Waals surface area (Å²) in [5.41, 5.74) is 0. The SMILES string of the molecule is COCC1CCN(S(=O)(=O)N[C@H]2CC[C@@H]3CCC[C@@H]32)CC1. The molecule has 3 atom stereocenters. The van der Waals surface area contributed by atoms with Crippen molar-refractivity contribution in [1.29, 1.82) is 0 Å². The molecule has 0 aromatic rings. The van der Waals surface area contributed by atoms with Crippen molar-refractivity contribution in [2.45, 2.75) is 51.0 Å². The minimum absolute atomic E-state index is 0.180. The lowest BCUT2D eigenvalue weighted by Crippen LogP contribution is -2.49. The molecular formula is C15H28N2O3S. The van der Waals surface area contributed by atoms with Gasteiger partial charge < -0.3 is 4.74 Å². The van der Waals surface area contributed by atoms with E-state index in [2.05, 4.69) is 4.72 Å². The van der Waals surface area contributed by atoms with Crippen LogP contribution >= 0.6 is 0 Å². The van der Waals surface area contributed by atoms with Gasteiger partial charge in [0, 0.05) is 32.8 Å². The summed E-state index contributed by atoms with van der Waals surface area (Å²) in [6.45, 7) is 2.00. The van der Waals surface area contributed by atoms with Crippen molar-refractivity contribution in [3.8, 4) is 0 Å². The van der Waals surface area contributed by atoms with Crippen LogP contribution in [0.3, 0.4) is 0 Å². The molecule has 5 nitrogen and oxygen atoms in total. The van der Waals surface area contributed by atoms with Gasteiger partial charge in [-0.05, 0) is 49.9 Å². The van der Waals surface area contributed by atoms with Crippen LogP contribution in [-0.4, -0.2) is 45.6 Å². The Morgan fingerprint density at radius 1 is 1.10 bits per heavy atom. The van der Waals surface area contributed by atoms with Crippen molar-refractivity contribution >= 4 is 10.2 Å². The Morgan fingerprint density at radius 2 is 1.86 bits per heavy atom. The van der Waals surface area contributed by atoms with E-state index < -0.39 is 10.2 Å². The molecule has 122 valence electrons. The molecule has 0 aromatic carbocycles. The number of ether oxygens (including phenoxy) is 1. The molecule has 1 heterocycles. The number of nitrogens with zero attached hydrogens (tertiary/aromatic N) is 1.